The predicted octanol–water partition coefficient (Wildman–Crippen LogP) is 0.617. The summed E-state index contributed by atoms with van der Waals surface area (Å²) in [5.74, 6) is 2.47. The first-order valence-electron chi connectivity index (χ1n) is 4.95. The van der Waals surface area contributed by atoms with Gasteiger partial charge in [0.2, 0.25) is 0 Å². The topological polar surface area (TPSA) is 83.8 Å². The number of hydrogen-bond donors (Lipinski definition) is 3. The third kappa shape index (κ3) is 2.65. The van der Waals surface area contributed by atoms with Crippen LogP contribution in [0.5, 0.6) is 0 Å². The first-order chi connectivity index (χ1) is 7.25. The molecule has 0 atom stereocenters. The summed E-state index contributed by atoms with van der Waals surface area (Å²) in [7, 11) is 0. The minimum Gasteiger partial charge on any atom is -0.382 e. The van der Waals surface area contributed by atoms with Crippen LogP contribution in [0.1, 0.15) is 23.3 Å². The summed E-state index contributed by atoms with van der Waals surface area (Å²) in [6, 6.07) is 1.84. The van der Waals surface area contributed by atoms with E-state index < -0.39 is 0 Å². The van der Waals surface area contributed by atoms with Crippen molar-refractivity contribution in [3.05, 3.63) is 11.8 Å². The highest BCUT2D eigenvalue weighted by Gasteiger charge is 2.17. The quantitative estimate of drug-likeness (QED) is 0.690. The van der Waals surface area contributed by atoms with Crippen LogP contribution in [0.2, 0.25) is 0 Å². The molecule has 1 aliphatic rings. The zero-order valence-electron chi connectivity index (χ0n) is 8.32. The molecule has 1 aliphatic heterocycles. The smallest absolute Gasteiger partial charge is 0.269 e. The zero-order valence-corrected chi connectivity index (χ0v) is 9.14. The lowest BCUT2D eigenvalue weighted by Gasteiger charge is -2.21. The molecule has 5 nitrogen and oxygen atoms in total. The maximum Gasteiger partial charge on any atom is 0.269 e. The van der Waals surface area contributed by atoms with Crippen LogP contribution in [0.25, 0.3) is 0 Å². The Kier molecular flexibility index (Phi) is 3.15. The van der Waals surface area contributed by atoms with Gasteiger partial charge in [0, 0.05) is 12.1 Å². The Labute approximate surface area is 92.2 Å². The molecule has 0 radical (unpaired) electrons. The molecule has 0 spiro atoms. The van der Waals surface area contributed by atoms with Gasteiger partial charge < -0.3 is 11.1 Å². The number of nitrogens with one attached hydrogen (secondary N) is 2. The second-order valence-corrected chi connectivity index (χ2v) is 4.79. The molecule has 1 saturated heterocycles. The second kappa shape index (κ2) is 4.57. The molecule has 1 aromatic heterocycles. The lowest BCUT2D eigenvalue weighted by Crippen LogP contribution is -2.37. The number of hydrogen-bond acceptors (Lipinski definition) is 4. The molecule has 0 bridgehead atoms. The number of aromatic nitrogens is 2. The molecule has 0 aliphatic carbocycles. The molecule has 82 valence electrons. The van der Waals surface area contributed by atoms with Crippen molar-refractivity contribution in [3.63, 3.8) is 0 Å². The summed E-state index contributed by atoms with van der Waals surface area (Å²) < 4.78 is 0. The van der Waals surface area contributed by atoms with Gasteiger partial charge in [-0.1, -0.05) is 0 Å². The zero-order chi connectivity index (χ0) is 10.7. The Morgan fingerprint density at radius 3 is 2.93 bits per heavy atom. The van der Waals surface area contributed by atoms with E-state index in [4.69, 9.17) is 5.73 Å². The fourth-order valence-electron chi connectivity index (χ4n) is 1.56. The normalized spacial score (nSPS) is 17.6. The molecule has 2 rings (SSSR count). The molecule has 6 heteroatoms. The van der Waals surface area contributed by atoms with Crippen molar-refractivity contribution in [3.8, 4) is 0 Å². The van der Waals surface area contributed by atoms with E-state index in [2.05, 4.69) is 15.5 Å². The summed E-state index contributed by atoms with van der Waals surface area (Å²) in [5, 5.41) is 9.29. The minimum atomic E-state index is -0.115. The van der Waals surface area contributed by atoms with E-state index in [-0.39, 0.29) is 5.91 Å². The van der Waals surface area contributed by atoms with Crippen LogP contribution in [0.3, 0.4) is 0 Å². The molecule has 0 aromatic carbocycles. The average molecular weight is 226 g/mol. The molecule has 0 unspecified atom stereocenters. The van der Waals surface area contributed by atoms with Gasteiger partial charge in [0.05, 0.1) is 0 Å². The van der Waals surface area contributed by atoms with E-state index in [1.165, 1.54) is 0 Å². The van der Waals surface area contributed by atoms with Crippen molar-refractivity contribution in [2.75, 3.05) is 17.2 Å². The third-order valence-corrected chi connectivity index (χ3v) is 3.45. The second-order valence-electron chi connectivity index (χ2n) is 3.57. The molecule has 0 saturated carbocycles. The summed E-state index contributed by atoms with van der Waals surface area (Å²) in [4.78, 5) is 11.7. The number of amides is 1. The van der Waals surface area contributed by atoms with Gasteiger partial charge in [0.15, 0.2) is 0 Å². The maximum absolute atomic E-state index is 11.7. The van der Waals surface area contributed by atoms with Gasteiger partial charge in [-0.2, -0.15) is 16.9 Å². The molecule has 15 heavy (non-hydrogen) atoms. The monoisotopic (exact) mass is 226 g/mol. The highest BCUT2D eigenvalue weighted by molar-refractivity contribution is 7.99. The molecule has 1 amide bonds. The summed E-state index contributed by atoms with van der Waals surface area (Å²) >= 11 is 1.93. The van der Waals surface area contributed by atoms with E-state index >= 15 is 0 Å². The van der Waals surface area contributed by atoms with Gasteiger partial charge >= 0.3 is 0 Å². The highest BCUT2D eigenvalue weighted by Crippen LogP contribution is 2.17. The number of nitrogens with two attached hydrogens (primary N) is 1. The largest absolute Gasteiger partial charge is 0.382 e. The van der Waals surface area contributed by atoms with Gasteiger partial charge in [-0.25, -0.2) is 0 Å². The van der Waals surface area contributed by atoms with Gasteiger partial charge in [0.1, 0.15) is 11.5 Å². The van der Waals surface area contributed by atoms with Gasteiger partial charge in [-0.3, -0.25) is 9.89 Å². The van der Waals surface area contributed by atoms with Gasteiger partial charge in [-0.05, 0) is 24.3 Å². The Balaban J connectivity index is 1.91. The SMILES string of the molecule is Nc1cc(C(=O)NC2CCSCC2)[nH]n1. The number of nitrogens with zero attached hydrogens (tertiary/aromatic N) is 1. The number of carbonyl (C=O) groups excluding carboxylic acids is 1. The van der Waals surface area contributed by atoms with E-state index in [1.54, 1.807) is 6.07 Å². The van der Waals surface area contributed by atoms with E-state index in [9.17, 15) is 4.79 Å². The van der Waals surface area contributed by atoms with Crippen molar-refractivity contribution < 1.29 is 4.79 Å². The lowest BCUT2D eigenvalue weighted by molar-refractivity contribution is 0.0930. The predicted molar refractivity (Wildman–Crippen MR) is 60.8 cm³/mol. The highest BCUT2D eigenvalue weighted by atomic mass is 32.2. The van der Waals surface area contributed by atoms with Crippen LogP contribution in [0.4, 0.5) is 5.82 Å². The number of rotatable bonds is 2. The Morgan fingerprint density at radius 2 is 2.33 bits per heavy atom. The van der Waals surface area contributed by atoms with Crippen molar-refractivity contribution in [2.24, 2.45) is 0 Å². The van der Waals surface area contributed by atoms with Crippen LogP contribution in [0.15, 0.2) is 6.07 Å². The Bertz CT molecular complexity index is 346. The molecular weight excluding hydrogens is 212 g/mol. The van der Waals surface area contributed by atoms with Crippen LogP contribution in [-0.2, 0) is 0 Å². The van der Waals surface area contributed by atoms with Crippen molar-refractivity contribution >= 4 is 23.5 Å². The standard InChI is InChI=1S/C9H14N4OS/c10-8-5-7(12-13-8)9(14)11-6-1-3-15-4-2-6/h5-6H,1-4H2,(H,11,14)(H3,10,12,13). The number of nitrogen functional groups attached to an aromatic ring is 1. The number of anilines is 1. The first kappa shape index (κ1) is 10.4. The molecular formula is C9H14N4OS. The molecule has 2 heterocycles. The summed E-state index contributed by atoms with van der Waals surface area (Å²) in [5.41, 5.74) is 5.86. The minimum absolute atomic E-state index is 0.115. The first-order valence-corrected chi connectivity index (χ1v) is 6.10. The van der Waals surface area contributed by atoms with Crippen LogP contribution < -0.4 is 11.1 Å². The van der Waals surface area contributed by atoms with Crippen molar-refractivity contribution in [1.29, 1.82) is 0 Å². The number of H-pyrrole nitrogens is 1. The number of thioether (sulfide) groups is 1. The molecule has 4 N–H and O–H groups in total. The maximum atomic E-state index is 11.7. The molecule has 1 fully saturated rings. The van der Waals surface area contributed by atoms with Crippen molar-refractivity contribution in [2.45, 2.75) is 18.9 Å². The van der Waals surface area contributed by atoms with Crippen molar-refractivity contribution in [1.82, 2.24) is 15.5 Å². The summed E-state index contributed by atoms with van der Waals surface area (Å²) in [6.07, 6.45) is 2.08. The van der Waals surface area contributed by atoms with Crippen LogP contribution in [0, 0.1) is 0 Å². The number of carbonyl (C=O) groups is 1. The fourth-order valence-corrected chi connectivity index (χ4v) is 2.67. The fraction of sp³-hybridized carbons (Fsp3) is 0.556. The van der Waals surface area contributed by atoms with E-state index in [1.807, 2.05) is 11.8 Å². The van der Waals surface area contributed by atoms with E-state index in [0.29, 0.717) is 17.6 Å². The van der Waals surface area contributed by atoms with Crippen LogP contribution >= 0.6 is 11.8 Å². The number of aromatic amines is 1. The lowest BCUT2D eigenvalue weighted by atomic mass is 10.1. The Hall–Kier alpha value is -1.17. The Morgan fingerprint density at radius 1 is 1.60 bits per heavy atom. The van der Waals surface area contributed by atoms with Gasteiger partial charge in [0.25, 0.3) is 5.91 Å². The van der Waals surface area contributed by atoms with Gasteiger partial charge in [-0.15, -0.1) is 0 Å². The average Bonchev–Trinajstić information content (AvgIpc) is 2.66. The third-order valence-electron chi connectivity index (χ3n) is 2.40. The van der Waals surface area contributed by atoms with Crippen LogP contribution in [-0.4, -0.2) is 33.7 Å². The summed E-state index contributed by atoms with van der Waals surface area (Å²) in [6.45, 7) is 0. The van der Waals surface area contributed by atoms with E-state index in [0.717, 1.165) is 24.3 Å². The molecule has 1 aromatic rings.